The summed E-state index contributed by atoms with van der Waals surface area (Å²) in [6, 6.07) is 66.4. The zero-order valence-corrected chi connectivity index (χ0v) is 42.6. The first kappa shape index (κ1) is 49.3. The third kappa shape index (κ3) is 9.70. The first-order chi connectivity index (χ1) is 36.3. The van der Waals surface area contributed by atoms with E-state index in [1.165, 1.54) is 23.1 Å². The second-order valence-corrected chi connectivity index (χ2v) is 19.8. The number of thiazole rings is 1. The monoisotopic (exact) mass is 1030 g/mol. The quantitative estimate of drug-likeness (QED) is 0.0217. The molecule has 1 fully saturated rings. The SMILES string of the molecule is C#CCC1=C(C(=S)OCc2ccc(OC)cc2)N2C(=O)[C@@H](NC(=O)/C(=N\OC(c3ccccc3)(c3ccccc3)c3ccccc3)c3csc(NC(c4ccccc4)(c4ccccc4)c4ccccc4)n3)[C@H]2SC1. The maximum atomic E-state index is 15.3. The van der Waals surface area contributed by atoms with Gasteiger partial charge in [-0.15, -0.1) is 35.4 Å². The Morgan fingerprint density at radius 1 is 0.743 bits per heavy atom. The third-order valence-corrected chi connectivity index (χ3v) is 15.5. The number of hydrogen-bond donors (Lipinski definition) is 2. The van der Waals surface area contributed by atoms with E-state index in [0.717, 1.165) is 44.5 Å². The van der Waals surface area contributed by atoms with Gasteiger partial charge in [-0.3, -0.25) is 14.5 Å². The smallest absolute Gasteiger partial charge is 0.276 e. The molecule has 13 heteroatoms. The average molecular weight is 1030 g/mol. The molecule has 10 rings (SSSR count). The number of ether oxygens (including phenoxy) is 2. The highest BCUT2D eigenvalue weighted by atomic mass is 32.2. The summed E-state index contributed by atoms with van der Waals surface area (Å²) in [4.78, 5) is 43.5. The molecule has 1 saturated heterocycles. The van der Waals surface area contributed by atoms with Crippen LogP contribution in [0.25, 0.3) is 0 Å². The summed E-state index contributed by atoms with van der Waals surface area (Å²) in [6.45, 7) is 0.166. The lowest BCUT2D eigenvalue weighted by atomic mass is 9.77. The second-order valence-electron chi connectivity index (χ2n) is 17.4. The number of thioether (sulfide) groups is 1. The molecule has 366 valence electrons. The zero-order valence-electron chi connectivity index (χ0n) is 40.2. The minimum absolute atomic E-state index is 0.139. The van der Waals surface area contributed by atoms with E-state index < -0.39 is 28.5 Å². The number of nitrogens with zero attached hydrogens (tertiary/aromatic N) is 3. The highest BCUT2D eigenvalue weighted by molar-refractivity contribution is 8.00. The Hall–Kier alpha value is -8.28. The predicted molar refractivity (Wildman–Crippen MR) is 298 cm³/mol. The predicted octanol–water partition coefficient (Wildman–Crippen LogP) is 11.5. The molecule has 2 N–H and O–H groups in total. The Morgan fingerprint density at radius 2 is 1.23 bits per heavy atom. The zero-order chi connectivity index (χ0) is 50.9. The number of fused-ring (bicyclic) bond motifs is 1. The number of hydrogen-bond acceptors (Lipinski definition) is 11. The molecule has 2 atom stereocenters. The molecule has 2 aliphatic rings. The molecule has 3 heterocycles. The highest BCUT2D eigenvalue weighted by Gasteiger charge is 2.54. The molecule has 2 aliphatic heterocycles. The van der Waals surface area contributed by atoms with E-state index in [1.54, 1.807) is 17.4 Å². The van der Waals surface area contributed by atoms with Gasteiger partial charge in [-0.25, -0.2) is 4.98 Å². The summed E-state index contributed by atoms with van der Waals surface area (Å²) >= 11 is 8.69. The van der Waals surface area contributed by atoms with Crippen LogP contribution in [0.5, 0.6) is 5.75 Å². The largest absolute Gasteiger partial charge is 0.497 e. The van der Waals surface area contributed by atoms with Gasteiger partial charge in [-0.1, -0.05) is 199 Å². The van der Waals surface area contributed by atoms with Crippen LogP contribution in [-0.2, 0) is 36.9 Å². The number of amides is 2. The molecule has 0 spiro atoms. The summed E-state index contributed by atoms with van der Waals surface area (Å²) in [7, 11) is 1.61. The van der Waals surface area contributed by atoms with E-state index in [0.29, 0.717) is 22.3 Å². The molecular formula is C61H49N5O5S3. The number of rotatable bonds is 18. The molecule has 7 aromatic carbocycles. The van der Waals surface area contributed by atoms with Gasteiger partial charge in [0, 0.05) is 34.2 Å². The fourth-order valence-corrected chi connectivity index (χ4v) is 11.9. The minimum atomic E-state index is -1.34. The van der Waals surface area contributed by atoms with Crippen LogP contribution in [0.2, 0.25) is 0 Å². The Kier molecular flexibility index (Phi) is 14.8. The lowest BCUT2D eigenvalue weighted by Gasteiger charge is -2.50. The summed E-state index contributed by atoms with van der Waals surface area (Å²) < 4.78 is 11.5. The summed E-state index contributed by atoms with van der Waals surface area (Å²) in [5, 5.41) is 13.7. The van der Waals surface area contributed by atoms with E-state index in [2.05, 4.69) is 53.0 Å². The van der Waals surface area contributed by atoms with Crippen LogP contribution in [0.4, 0.5) is 5.13 Å². The van der Waals surface area contributed by atoms with Gasteiger partial charge in [-0.05, 0) is 52.2 Å². The molecule has 0 unspecified atom stereocenters. The first-order valence-electron chi connectivity index (χ1n) is 23.9. The number of terminal acetylenes is 1. The Balaban J connectivity index is 1.04. The van der Waals surface area contributed by atoms with E-state index in [-0.39, 0.29) is 35.4 Å². The number of carbonyl (C=O) groups is 2. The van der Waals surface area contributed by atoms with Crippen molar-refractivity contribution in [2.75, 3.05) is 18.2 Å². The number of aromatic nitrogens is 1. The number of thiocarbonyl (C=S) groups is 1. The standard InChI is InChI=1S/C61H49N5O5S3/c1-3-22-43-40-73-57-53(56(68)66(57)54(43)58(72)70-39-42-35-37-50(69-2)38-36-42)63-55(67)52(65-71-61(47-29-16-7-17-30-47,48-31-18-8-19-32-48)49-33-20-9-21-34-49)51-41-74-59(62-51)64-60(44-23-10-4-11-24-44,45-25-12-5-13-26-45)46-27-14-6-15-28-46/h1,4-21,23-38,41,53,57H,22,39-40H2,2H3,(H,62,64)(H,63,67)/b65-52-/t53-,57-/m1/s1. The summed E-state index contributed by atoms with van der Waals surface area (Å²) in [5.74, 6) is 2.86. The fraction of sp³-hybridized carbons (Fsp3) is 0.131. The fourth-order valence-electron chi connectivity index (χ4n) is 9.46. The minimum Gasteiger partial charge on any atom is -0.497 e. The molecule has 1 aromatic heterocycles. The molecule has 2 amide bonds. The number of anilines is 1. The number of benzene rings is 7. The van der Waals surface area contributed by atoms with E-state index >= 15 is 4.79 Å². The van der Waals surface area contributed by atoms with Crippen LogP contribution in [0.1, 0.15) is 51.1 Å². The molecular weight excluding hydrogens is 979 g/mol. The summed E-state index contributed by atoms with van der Waals surface area (Å²) in [5.41, 5.74) is 5.20. The van der Waals surface area contributed by atoms with Crippen LogP contribution < -0.4 is 15.4 Å². The van der Waals surface area contributed by atoms with Crippen molar-refractivity contribution in [3.63, 3.8) is 0 Å². The van der Waals surface area contributed by atoms with Crippen molar-refractivity contribution in [1.29, 1.82) is 0 Å². The van der Waals surface area contributed by atoms with Crippen molar-refractivity contribution in [1.82, 2.24) is 15.2 Å². The van der Waals surface area contributed by atoms with Crippen molar-refractivity contribution in [3.8, 4) is 18.1 Å². The normalized spacial score (nSPS) is 15.5. The van der Waals surface area contributed by atoms with Crippen LogP contribution >= 0.6 is 35.3 Å². The maximum absolute atomic E-state index is 15.3. The second kappa shape index (κ2) is 22.2. The van der Waals surface area contributed by atoms with Crippen molar-refractivity contribution < 1.29 is 23.9 Å². The van der Waals surface area contributed by atoms with Gasteiger partial charge in [0.05, 0.1) is 12.8 Å². The molecule has 8 aromatic rings. The molecule has 10 nitrogen and oxygen atoms in total. The third-order valence-electron chi connectivity index (χ3n) is 13.1. The maximum Gasteiger partial charge on any atom is 0.276 e. The van der Waals surface area contributed by atoms with Gasteiger partial charge in [0.25, 0.3) is 11.8 Å². The first-order valence-corrected chi connectivity index (χ1v) is 26.2. The number of methoxy groups -OCH3 is 1. The van der Waals surface area contributed by atoms with Gasteiger partial charge in [-0.2, -0.15) is 0 Å². The van der Waals surface area contributed by atoms with Gasteiger partial charge in [0.1, 0.15) is 35.0 Å². The Labute approximate surface area is 444 Å². The van der Waals surface area contributed by atoms with Crippen LogP contribution in [0.3, 0.4) is 0 Å². The van der Waals surface area contributed by atoms with Crippen molar-refractivity contribution in [2.24, 2.45) is 5.16 Å². The van der Waals surface area contributed by atoms with Gasteiger partial charge in [0.2, 0.25) is 10.7 Å². The van der Waals surface area contributed by atoms with E-state index in [9.17, 15) is 4.79 Å². The number of carbonyl (C=O) groups excluding carboxylic acids is 2. The van der Waals surface area contributed by atoms with Crippen molar-refractivity contribution in [2.45, 2.75) is 35.6 Å². The lowest BCUT2D eigenvalue weighted by Crippen LogP contribution is -2.71. The van der Waals surface area contributed by atoms with Gasteiger partial charge < -0.3 is 24.9 Å². The summed E-state index contributed by atoms with van der Waals surface area (Å²) in [6.07, 6.45) is 6.10. The molecule has 0 aliphatic carbocycles. The van der Waals surface area contributed by atoms with Gasteiger partial charge in [0.15, 0.2) is 10.8 Å². The van der Waals surface area contributed by atoms with Crippen molar-refractivity contribution >= 4 is 63.0 Å². The van der Waals surface area contributed by atoms with Crippen LogP contribution in [0.15, 0.2) is 228 Å². The van der Waals surface area contributed by atoms with E-state index in [4.69, 9.17) is 43.1 Å². The van der Waals surface area contributed by atoms with E-state index in [1.807, 2.05) is 170 Å². The van der Waals surface area contributed by atoms with Crippen LogP contribution in [-0.4, -0.2) is 56.7 Å². The Morgan fingerprint density at radius 3 is 1.70 bits per heavy atom. The number of oxime groups is 1. The Bertz CT molecular complexity index is 3160. The van der Waals surface area contributed by atoms with Gasteiger partial charge >= 0.3 is 0 Å². The number of β-lactam (4-membered cyclic amide) rings is 1. The molecule has 0 saturated carbocycles. The lowest BCUT2D eigenvalue weighted by molar-refractivity contribution is -0.144. The topological polar surface area (TPSA) is 114 Å². The molecule has 0 bridgehead atoms. The van der Waals surface area contributed by atoms with Crippen LogP contribution in [0, 0.1) is 12.3 Å². The average Bonchev–Trinajstić information content (AvgIpc) is 3.94. The highest BCUT2D eigenvalue weighted by Crippen LogP contribution is 2.44. The number of nitrogens with one attached hydrogen (secondary N) is 2. The van der Waals surface area contributed by atoms with Crippen molar-refractivity contribution in [3.05, 3.63) is 268 Å². The molecule has 0 radical (unpaired) electrons. The molecule has 74 heavy (non-hydrogen) atoms.